The van der Waals surface area contributed by atoms with Crippen molar-refractivity contribution in [1.82, 2.24) is 0 Å². The highest BCUT2D eigenvalue weighted by molar-refractivity contribution is 5.94. The van der Waals surface area contributed by atoms with Crippen molar-refractivity contribution in [2.45, 2.75) is 13.3 Å². The average Bonchev–Trinajstić information content (AvgIpc) is 2.51. The highest BCUT2D eigenvalue weighted by Gasteiger charge is 2.07. The first-order valence-electron chi connectivity index (χ1n) is 6.74. The van der Waals surface area contributed by atoms with Gasteiger partial charge < -0.3 is 4.42 Å². The van der Waals surface area contributed by atoms with E-state index in [0.29, 0.717) is 28.5 Å². The van der Waals surface area contributed by atoms with Gasteiger partial charge >= 0.3 is 0 Å². The summed E-state index contributed by atoms with van der Waals surface area (Å²) in [5, 5.41) is 0.593. The summed E-state index contributed by atoms with van der Waals surface area (Å²) in [6.07, 6.45) is 2.01. The molecule has 0 aliphatic carbocycles. The molecule has 0 radical (unpaired) electrons. The number of fused-ring (bicyclic) bond motifs is 1. The van der Waals surface area contributed by atoms with Gasteiger partial charge in [0.25, 0.3) is 0 Å². The predicted molar refractivity (Wildman–Crippen MR) is 81.7 cm³/mol. The summed E-state index contributed by atoms with van der Waals surface area (Å²) < 4.78 is 5.50. The topological polar surface area (TPSA) is 47.3 Å². The van der Waals surface area contributed by atoms with Crippen LogP contribution in [-0.2, 0) is 6.42 Å². The molecule has 1 aromatic heterocycles. The fraction of sp³-hybridized carbons (Fsp3) is 0.111. The predicted octanol–water partition coefficient (Wildman–Crippen LogP) is 3.59. The van der Waals surface area contributed by atoms with Crippen molar-refractivity contribution >= 4 is 16.8 Å². The SMILES string of the molecule is CC(=O)c1ccc(Cc2coc3ccccc3c2=O)cc1. The highest BCUT2D eigenvalue weighted by Crippen LogP contribution is 2.14. The van der Waals surface area contributed by atoms with E-state index in [9.17, 15) is 9.59 Å². The van der Waals surface area contributed by atoms with Crippen LogP contribution in [0, 0.1) is 0 Å². The zero-order valence-corrected chi connectivity index (χ0v) is 11.6. The van der Waals surface area contributed by atoms with Crippen LogP contribution < -0.4 is 5.43 Å². The highest BCUT2D eigenvalue weighted by atomic mass is 16.3. The largest absolute Gasteiger partial charge is 0.464 e. The first-order valence-corrected chi connectivity index (χ1v) is 6.74. The van der Waals surface area contributed by atoms with Crippen LogP contribution >= 0.6 is 0 Å². The molecular formula is C18H14O3. The van der Waals surface area contributed by atoms with Crippen molar-refractivity contribution in [3.63, 3.8) is 0 Å². The summed E-state index contributed by atoms with van der Waals surface area (Å²) in [5.41, 5.74) is 2.85. The Bertz CT molecular complexity index is 858. The van der Waals surface area contributed by atoms with Crippen molar-refractivity contribution in [2.24, 2.45) is 0 Å². The molecule has 2 aromatic carbocycles. The lowest BCUT2D eigenvalue weighted by Gasteiger charge is -2.03. The molecule has 3 rings (SSSR count). The third-order valence-corrected chi connectivity index (χ3v) is 3.51. The smallest absolute Gasteiger partial charge is 0.196 e. The molecule has 0 fully saturated rings. The van der Waals surface area contributed by atoms with Crippen LogP contribution in [0.3, 0.4) is 0 Å². The fourth-order valence-electron chi connectivity index (χ4n) is 2.32. The van der Waals surface area contributed by atoms with Gasteiger partial charge in [-0.05, 0) is 24.6 Å². The third kappa shape index (κ3) is 2.63. The normalized spacial score (nSPS) is 10.7. The number of rotatable bonds is 3. The fourth-order valence-corrected chi connectivity index (χ4v) is 2.32. The minimum atomic E-state index is -0.00695. The van der Waals surface area contributed by atoms with Crippen molar-refractivity contribution in [3.8, 4) is 0 Å². The van der Waals surface area contributed by atoms with Crippen LogP contribution in [0.1, 0.15) is 28.4 Å². The molecule has 1 heterocycles. The molecule has 0 saturated heterocycles. The molecule has 21 heavy (non-hydrogen) atoms. The molecule has 3 heteroatoms. The van der Waals surface area contributed by atoms with E-state index < -0.39 is 0 Å². The summed E-state index contributed by atoms with van der Waals surface area (Å²) >= 11 is 0. The average molecular weight is 278 g/mol. The number of benzene rings is 2. The molecule has 0 atom stereocenters. The number of ketones is 1. The minimum Gasteiger partial charge on any atom is -0.464 e. The Hall–Kier alpha value is -2.68. The monoisotopic (exact) mass is 278 g/mol. The number of hydrogen-bond donors (Lipinski definition) is 0. The first-order chi connectivity index (χ1) is 10.1. The lowest BCUT2D eigenvalue weighted by molar-refractivity contribution is 0.101. The summed E-state index contributed by atoms with van der Waals surface area (Å²) in [6, 6.07) is 14.5. The maximum absolute atomic E-state index is 12.4. The van der Waals surface area contributed by atoms with Crippen LogP contribution in [0.4, 0.5) is 0 Å². The molecule has 104 valence electrons. The van der Waals surface area contributed by atoms with Gasteiger partial charge in [0.15, 0.2) is 11.2 Å². The van der Waals surface area contributed by atoms with E-state index in [2.05, 4.69) is 0 Å². The van der Waals surface area contributed by atoms with Crippen LogP contribution in [0.5, 0.6) is 0 Å². The van der Waals surface area contributed by atoms with Crippen LogP contribution in [-0.4, -0.2) is 5.78 Å². The van der Waals surface area contributed by atoms with Gasteiger partial charge in [-0.25, -0.2) is 0 Å². The Morgan fingerprint density at radius 1 is 1.05 bits per heavy atom. The molecule has 3 nitrogen and oxygen atoms in total. The van der Waals surface area contributed by atoms with E-state index in [-0.39, 0.29) is 11.2 Å². The van der Waals surface area contributed by atoms with Crippen molar-refractivity contribution < 1.29 is 9.21 Å². The van der Waals surface area contributed by atoms with E-state index in [1.165, 1.54) is 13.2 Å². The molecule has 0 amide bonds. The van der Waals surface area contributed by atoms with Gasteiger partial charge in [-0.15, -0.1) is 0 Å². The zero-order valence-electron chi connectivity index (χ0n) is 11.6. The summed E-state index contributed by atoms with van der Waals surface area (Å²) in [6.45, 7) is 1.53. The number of Topliss-reactive ketones (excluding diaryl/α,β-unsaturated/α-hetero) is 1. The van der Waals surface area contributed by atoms with E-state index in [4.69, 9.17) is 4.42 Å². The Labute approximate surface area is 121 Å². The Balaban J connectivity index is 1.96. The van der Waals surface area contributed by atoms with Gasteiger partial charge in [0.1, 0.15) is 5.58 Å². The molecule has 0 bridgehead atoms. The van der Waals surface area contributed by atoms with E-state index >= 15 is 0 Å². The standard InChI is InChI=1S/C18H14O3/c1-12(19)14-8-6-13(7-9-14)10-15-11-21-17-5-3-2-4-16(17)18(15)20/h2-9,11H,10H2,1H3. The number of carbonyl (C=O) groups excluding carboxylic acids is 1. The van der Waals surface area contributed by atoms with Gasteiger partial charge in [0.05, 0.1) is 11.6 Å². The molecular weight excluding hydrogens is 264 g/mol. The minimum absolute atomic E-state index is 0.00695. The number of hydrogen-bond acceptors (Lipinski definition) is 3. The Morgan fingerprint density at radius 3 is 2.48 bits per heavy atom. The molecule has 0 aliphatic heterocycles. The van der Waals surface area contributed by atoms with Crippen LogP contribution in [0.15, 0.2) is 64.0 Å². The van der Waals surface area contributed by atoms with Gasteiger partial charge in [0.2, 0.25) is 0 Å². The second kappa shape index (κ2) is 5.37. The van der Waals surface area contributed by atoms with Crippen LogP contribution in [0.2, 0.25) is 0 Å². The quantitative estimate of drug-likeness (QED) is 0.688. The van der Waals surface area contributed by atoms with Gasteiger partial charge in [-0.2, -0.15) is 0 Å². The zero-order chi connectivity index (χ0) is 14.8. The number of para-hydroxylation sites is 1. The maximum Gasteiger partial charge on any atom is 0.196 e. The van der Waals surface area contributed by atoms with Gasteiger partial charge in [0, 0.05) is 17.5 Å². The van der Waals surface area contributed by atoms with Crippen molar-refractivity contribution in [1.29, 1.82) is 0 Å². The second-order valence-electron chi connectivity index (χ2n) is 5.02. The first kappa shape index (κ1) is 13.3. The number of carbonyl (C=O) groups is 1. The molecule has 3 aromatic rings. The van der Waals surface area contributed by atoms with E-state index in [0.717, 1.165) is 5.56 Å². The Morgan fingerprint density at radius 2 is 1.76 bits per heavy atom. The van der Waals surface area contributed by atoms with E-state index in [1.54, 1.807) is 24.3 Å². The van der Waals surface area contributed by atoms with Crippen molar-refractivity contribution in [3.05, 3.63) is 81.7 Å². The molecule has 0 unspecified atom stereocenters. The second-order valence-corrected chi connectivity index (χ2v) is 5.02. The maximum atomic E-state index is 12.4. The molecule has 0 N–H and O–H groups in total. The lowest BCUT2D eigenvalue weighted by atomic mass is 10.0. The summed E-state index contributed by atoms with van der Waals surface area (Å²) in [5.74, 6) is 0.0340. The molecule has 0 aliphatic rings. The third-order valence-electron chi connectivity index (χ3n) is 3.51. The van der Waals surface area contributed by atoms with E-state index in [1.807, 2.05) is 24.3 Å². The molecule has 0 saturated carbocycles. The lowest BCUT2D eigenvalue weighted by Crippen LogP contribution is -2.09. The van der Waals surface area contributed by atoms with Crippen molar-refractivity contribution in [2.75, 3.05) is 0 Å². The molecule has 0 spiro atoms. The van der Waals surface area contributed by atoms with Crippen LogP contribution in [0.25, 0.3) is 11.0 Å². The van der Waals surface area contributed by atoms with Gasteiger partial charge in [-0.1, -0.05) is 36.4 Å². The van der Waals surface area contributed by atoms with Gasteiger partial charge in [-0.3, -0.25) is 9.59 Å². The summed E-state index contributed by atoms with van der Waals surface area (Å²) in [4.78, 5) is 23.6. The Kier molecular flexibility index (Phi) is 3.40. The summed E-state index contributed by atoms with van der Waals surface area (Å²) in [7, 11) is 0.